The molecule has 0 heterocycles. The van der Waals surface area contributed by atoms with Crippen LogP contribution in [0.25, 0.3) is 0 Å². The van der Waals surface area contributed by atoms with Gasteiger partial charge in [-0.05, 0) is 49.4 Å². The van der Waals surface area contributed by atoms with Gasteiger partial charge in [-0.15, -0.1) is 0 Å². The normalized spacial score (nSPS) is 12.0. The van der Waals surface area contributed by atoms with Gasteiger partial charge in [0, 0.05) is 16.8 Å². The van der Waals surface area contributed by atoms with Crippen LogP contribution in [0.2, 0.25) is 0 Å². The highest BCUT2D eigenvalue weighted by Gasteiger charge is 2.25. The van der Waals surface area contributed by atoms with Crippen LogP contribution in [0.3, 0.4) is 0 Å². The number of aliphatic hydroxyl groups is 2. The van der Waals surface area contributed by atoms with Gasteiger partial charge in [-0.3, -0.25) is 14.4 Å². The first-order chi connectivity index (χ1) is 15.3. The van der Waals surface area contributed by atoms with Crippen LogP contribution >= 0.6 is 0 Å². The zero-order chi connectivity index (χ0) is 23.7. The summed E-state index contributed by atoms with van der Waals surface area (Å²) in [5, 5.41) is 23.7. The van der Waals surface area contributed by atoms with E-state index < -0.39 is 30.4 Å². The van der Waals surface area contributed by atoms with Crippen molar-refractivity contribution in [1.82, 2.24) is 5.32 Å². The lowest BCUT2D eigenvalue weighted by molar-refractivity contribution is -0.125. The van der Waals surface area contributed by atoms with Gasteiger partial charge < -0.3 is 31.3 Å². The number of aliphatic hydroxyl groups excluding tert-OH is 2. The Bertz CT molecular complexity index is 1040. The van der Waals surface area contributed by atoms with Crippen molar-refractivity contribution in [2.75, 3.05) is 25.6 Å². The molecule has 0 aliphatic carbocycles. The maximum absolute atomic E-state index is 12.5. The first-order valence-corrected chi connectivity index (χ1v) is 9.71. The number of hydrogen-bond acceptors (Lipinski definition) is 7. The summed E-state index contributed by atoms with van der Waals surface area (Å²) >= 11 is 0. The van der Waals surface area contributed by atoms with E-state index in [0.29, 0.717) is 22.6 Å². The number of amides is 2. The van der Waals surface area contributed by atoms with E-state index in [0.717, 1.165) is 0 Å². The second-order valence-corrected chi connectivity index (χ2v) is 6.81. The summed E-state index contributed by atoms with van der Waals surface area (Å²) in [5.41, 5.74) is 7.30. The second-order valence-electron chi connectivity index (χ2n) is 6.81. The van der Waals surface area contributed by atoms with Crippen molar-refractivity contribution in [1.29, 1.82) is 0 Å². The van der Waals surface area contributed by atoms with Gasteiger partial charge in [0.25, 0.3) is 5.91 Å². The number of benzene rings is 2. The molecule has 0 bridgehead atoms. The predicted molar refractivity (Wildman–Crippen MR) is 118 cm³/mol. The number of carbonyl (C=O) groups is 3. The summed E-state index contributed by atoms with van der Waals surface area (Å²) < 4.78 is 5.32. The Balaban J connectivity index is 2.18. The van der Waals surface area contributed by atoms with Crippen LogP contribution in [0.5, 0.6) is 5.75 Å². The Morgan fingerprint density at radius 2 is 1.81 bits per heavy atom. The van der Waals surface area contributed by atoms with Crippen LogP contribution < -0.4 is 21.1 Å². The number of anilines is 1. The minimum absolute atomic E-state index is 0.104. The van der Waals surface area contributed by atoms with Crippen molar-refractivity contribution in [3.63, 3.8) is 0 Å². The number of hydrogen-bond donors (Lipinski definition) is 5. The minimum atomic E-state index is -1.23. The maximum atomic E-state index is 12.5. The molecule has 0 spiro atoms. The molecule has 2 amide bonds. The van der Waals surface area contributed by atoms with Crippen molar-refractivity contribution in [3.05, 3.63) is 59.2 Å². The lowest BCUT2D eigenvalue weighted by atomic mass is 10.1. The van der Waals surface area contributed by atoms with Crippen LogP contribution in [0.1, 0.15) is 28.4 Å². The third-order valence-electron chi connectivity index (χ3n) is 4.43. The zero-order valence-electron chi connectivity index (χ0n) is 17.7. The summed E-state index contributed by atoms with van der Waals surface area (Å²) in [5.74, 6) is 4.69. The lowest BCUT2D eigenvalue weighted by Crippen LogP contribution is -2.48. The Kier molecular flexibility index (Phi) is 8.92. The molecule has 32 heavy (non-hydrogen) atoms. The first-order valence-electron chi connectivity index (χ1n) is 9.71. The topological polar surface area (TPSA) is 151 Å². The molecule has 0 aliphatic heterocycles. The van der Waals surface area contributed by atoms with Crippen LogP contribution in [-0.4, -0.2) is 60.2 Å². The Morgan fingerprint density at radius 1 is 1.12 bits per heavy atom. The fraction of sp³-hybridized carbons (Fsp3) is 0.261. The van der Waals surface area contributed by atoms with Crippen molar-refractivity contribution in [2.45, 2.75) is 19.1 Å². The molecule has 6 N–H and O–H groups in total. The van der Waals surface area contributed by atoms with Crippen molar-refractivity contribution in [2.24, 2.45) is 5.73 Å². The fourth-order valence-electron chi connectivity index (χ4n) is 2.72. The molecule has 9 heteroatoms. The molecule has 0 aliphatic rings. The smallest absolute Gasteiger partial charge is 0.252 e. The molecule has 2 rings (SSSR count). The Labute approximate surface area is 185 Å². The Morgan fingerprint density at radius 3 is 2.38 bits per heavy atom. The molecule has 0 fully saturated rings. The molecule has 2 aromatic rings. The van der Waals surface area contributed by atoms with Crippen molar-refractivity contribution in [3.8, 4) is 17.6 Å². The number of carbonyl (C=O) groups excluding carboxylic acids is 3. The standard InChI is InChI=1S/C23H25N3O6/c1-14(28)22(19(29)13-27)26-23(31)17-8-7-16(20(11-17)32-2)6-3-15-4-9-18(10-5-15)25-21(30)12-24/h4-5,7-11,14,22,27-28H,12-13,24H2,1-2H3,(H,25,30)(H,26,31)/t14-,22+/m1/s1. The van der Waals surface area contributed by atoms with Gasteiger partial charge in [0.2, 0.25) is 5.91 Å². The van der Waals surface area contributed by atoms with Crippen LogP contribution in [0.15, 0.2) is 42.5 Å². The average molecular weight is 439 g/mol. The number of ether oxygens (including phenoxy) is 1. The highest BCUT2D eigenvalue weighted by molar-refractivity contribution is 5.98. The van der Waals surface area contributed by atoms with Gasteiger partial charge >= 0.3 is 0 Å². The molecular formula is C23H25N3O6. The van der Waals surface area contributed by atoms with Crippen LogP contribution in [-0.2, 0) is 9.59 Å². The summed E-state index contributed by atoms with van der Waals surface area (Å²) in [6.07, 6.45) is -1.17. The highest BCUT2D eigenvalue weighted by atomic mass is 16.5. The van der Waals surface area contributed by atoms with E-state index >= 15 is 0 Å². The molecule has 9 nitrogen and oxygen atoms in total. The average Bonchev–Trinajstić information content (AvgIpc) is 2.80. The second kappa shape index (κ2) is 11.6. The molecule has 168 valence electrons. The molecule has 0 radical (unpaired) electrons. The summed E-state index contributed by atoms with van der Waals surface area (Å²) in [6.45, 7) is 0.442. The van der Waals surface area contributed by atoms with E-state index in [-0.39, 0.29) is 18.0 Å². The van der Waals surface area contributed by atoms with Crippen LogP contribution in [0, 0.1) is 11.8 Å². The van der Waals surface area contributed by atoms with Gasteiger partial charge in [-0.25, -0.2) is 0 Å². The van der Waals surface area contributed by atoms with E-state index in [2.05, 4.69) is 22.5 Å². The summed E-state index contributed by atoms with van der Waals surface area (Å²) in [6, 6.07) is 10.2. The van der Waals surface area contributed by atoms with Crippen molar-refractivity contribution < 1.29 is 29.3 Å². The van der Waals surface area contributed by atoms with E-state index in [1.807, 2.05) is 0 Å². The summed E-state index contributed by atoms with van der Waals surface area (Å²) in [7, 11) is 1.44. The number of nitrogens with two attached hydrogens (primary N) is 1. The van der Waals surface area contributed by atoms with E-state index in [1.165, 1.54) is 26.2 Å². The monoisotopic (exact) mass is 439 g/mol. The predicted octanol–water partition coefficient (Wildman–Crippen LogP) is 0.0328. The van der Waals surface area contributed by atoms with E-state index in [9.17, 15) is 19.5 Å². The third-order valence-corrected chi connectivity index (χ3v) is 4.43. The zero-order valence-corrected chi connectivity index (χ0v) is 17.7. The van der Waals surface area contributed by atoms with Gasteiger partial charge in [-0.2, -0.15) is 0 Å². The molecule has 2 atom stereocenters. The summed E-state index contributed by atoms with van der Waals surface area (Å²) in [4.78, 5) is 35.5. The quantitative estimate of drug-likeness (QED) is 0.364. The van der Waals surface area contributed by atoms with Gasteiger partial charge in [0.15, 0.2) is 5.78 Å². The van der Waals surface area contributed by atoms with E-state index in [1.54, 1.807) is 30.3 Å². The SMILES string of the molecule is COc1cc(C(=O)N[C@H](C(=O)CO)[C@@H](C)O)ccc1C#Cc1ccc(NC(=O)CN)cc1. The molecule has 0 saturated carbocycles. The third kappa shape index (κ3) is 6.65. The molecule has 0 saturated heterocycles. The lowest BCUT2D eigenvalue weighted by Gasteiger charge is -2.19. The number of rotatable bonds is 8. The van der Waals surface area contributed by atoms with Crippen molar-refractivity contribution >= 4 is 23.3 Å². The maximum Gasteiger partial charge on any atom is 0.252 e. The number of nitrogens with one attached hydrogen (secondary N) is 2. The number of ketones is 1. The minimum Gasteiger partial charge on any atom is -0.495 e. The molecular weight excluding hydrogens is 414 g/mol. The van der Waals surface area contributed by atoms with Crippen LogP contribution in [0.4, 0.5) is 5.69 Å². The first kappa shape index (κ1) is 24.6. The molecule has 0 aromatic heterocycles. The van der Waals surface area contributed by atoms with E-state index in [4.69, 9.17) is 15.6 Å². The Hall–Kier alpha value is -3.71. The number of Topliss-reactive ketones (excluding diaryl/α,β-unsaturated/α-hetero) is 1. The highest BCUT2D eigenvalue weighted by Crippen LogP contribution is 2.20. The largest absolute Gasteiger partial charge is 0.495 e. The fourth-order valence-corrected chi connectivity index (χ4v) is 2.72. The molecule has 0 unspecified atom stereocenters. The number of methoxy groups -OCH3 is 1. The van der Waals surface area contributed by atoms with Gasteiger partial charge in [0.05, 0.1) is 25.3 Å². The van der Waals surface area contributed by atoms with Gasteiger partial charge in [0.1, 0.15) is 18.4 Å². The van der Waals surface area contributed by atoms with Gasteiger partial charge in [-0.1, -0.05) is 11.8 Å². The molecule has 2 aromatic carbocycles.